The molecule has 0 aliphatic carbocycles. The summed E-state index contributed by atoms with van der Waals surface area (Å²) < 4.78 is 0. The third kappa shape index (κ3) is 6.42. The quantitative estimate of drug-likeness (QED) is 0.644. The molecule has 0 bridgehead atoms. The number of hydrogen-bond donors (Lipinski definition) is 2. The number of rotatable bonds is 4. The third-order valence-corrected chi connectivity index (χ3v) is 1.52. The van der Waals surface area contributed by atoms with Crippen LogP contribution in [0.15, 0.2) is 0 Å². The molecular formula is C5H10FeO3S. The average molecular weight is 206 g/mol. The molecule has 3 nitrogen and oxygen atoms in total. The van der Waals surface area contributed by atoms with Gasteiger partial charge in [0.2, 0.25) is 0 Å². The Kier molecular flexibility index (Phi) is 9.58. The maximum absolute atomic E-state index is 9.95. The zero-order valence-electron chi connectivity index (χ0n) is 5.56. The summed E-state index contributed by atoms with van der Waals surface area (Å²) in [5, 5.41) is 16.8. The average Bonchev–Trinajstić information content (AvgIpc) is 1.82. The van der Waals surface area contributed by atoms with Crippen molar-refractivity contribution in [3.05, 3.63) is 0 Å². The molecule has 0 aromatic rings. The largest absolute Gasteiger partial charge is 0.479 e. The van der Waals surface area contributed by atoms with E-state index < -0.39 is 12.1 Å². The van der Waals surface area contributed by atoms with Crippen LogP contribution in [0.4, 0.5) is 0 Å². The van der Waals surface area contributed by atoms with E-state index in [4.69, 9.17) is 10.2 Å². The van der Waals surface area contributed by atoms with Gasteiger partial charge in [0.25, 0.3) is 0 Å². The van der Waals surface area contributed by atoms with Gasteiger partial charge >= 0.3 is 5.97 Å². The first kappa shape index (κ1) is 12.9. The summed E-state index contributed by atoms with van der Waals surface area (Å²) in [7, 11) is 0. The fourth-order valence-electron chi connectivity index (χ4n) is 0.353. The van der Waals surface area contributed by atoms with Crippen LogP contribution >= 0.6 is 11.8 Å². The standard InChI is InChI=1S/C5H10O3S.Fe/c1-9-3-2-4(6)5(7)8;/h4,6H,2-3H2,1H3,(H,7,8);/t4-;/m0./s1. The summed E-state index contributed by atoms with van der Waals surface area (Å²) in [6.45, 7) is 0. The molecule has 0 aliphatic heterocycles. The summed E-state index contributed by atoms with van der Waals surface area (Å²) in [6.07, 6.45) is 1.02. The number of aliphatic hydroxyl groups excluding tert-OH is 1. The minimum atomic E-state index is -1.18. The fraction of sp³-hybridized carbons (Fsp3) is 0.800. The third-order valence-electron chi connectivity index (χ3n) is 0.880. The van der Waals surface area contributed by atoms with Crippen LogP contribution in [0.2, 0.25) is 0 Å². The maximum Gasteiger partial charge on any atom is 0.332 e. The van der Waals surface area contributed by atoms with Gasteiger partial charge < -0.3 is 10.2 Å². The fourth-order valence-corrected chi connectivity index (χ4v) is 0.812. The van der Waals surface area contributed by atoms with Crippen molar-refractivity contribution in [1.29, 1.82) is 0 Å². The molecule has 5 heteroatoms. The Labute approximate surface area is 74.7 Å². The van der Waals surface area contributed by atoms with Gasteiger partial charge in [0, 0.05) is 17.1 Å². The number of aliphatic hydroxyl groups is 1. The van der Waals surface area contributed by atoms with Crippen molar-refractivity contribution >= 4 is 17.7 Å². The van der Waals surface area contributed by atoms with Crippen LogP contribution in [0.25, 0.3) is 0 Å². The molecular weight excluding hydrogens is 196 g/mol. The van der Waals surface area contributed by atoms with E-state index in [0.29, 0.717) is 12.2 Å². The van der Waals surface area contributed by atoms with Gasteiger partial charge in [-0.2, -0.15) is 11.8 Å². The molecule has 0 rings (SSSR count). The van der Waals surface area contributed by atoms with Crippen LogP contribution in [0, 0.1) is 0 Å². The number of aliphatic carboxylic acids is 1. The van der Waals surface area contributed by atoms with E-state index >= 15 is 0 Å². The Bertz CT molecular complexity index is 98.9. The molecule has 0 amide bonds. The van der Waals surface area contributed by atoms with Crippen LogP contribution in [0.5, 0.6) is 0 Å². The summed E-state index contributed by atoms with van der Waals surface area (Å²) in [5.74, 6) is -0.447. The molecule has 0 aliphatic rings. The molecule has 0 aromatic carbocycles. The summed E-state index contributed by atoms with van der Waals surface area (Å²) in [4.78, 5) is 9.95. The molecule has 0 spiro atoms. The molecule has 62 valence electrons. The van der Waals surface area contributed by atoms with Gasteiger partial charge in [-0.1, -0.05) is 0 Å². The van der Waals surface area contributed by atoms with Gasteiger partial charge in [0.15, 0.2) is 6.10 Å². The van der Waals surface area contributed by atoms with Crippen LogP contribution in [-0.4, -0.2) is 34.3 Å². The predicted octanol–water partition coefficient (Wildman–Crippen LogP) is 0.182. The van der Waals surface area contributed by atoms with Gasteiger partial charge in [-0.05, 0) is 18.4 Å². The second kappa shape index (κ2) is 7.41. The van der Waals surface area contributed by atoms with Gasteiger partial charge in [0.05, 0.1) is 0 Å². The molecule has 0 saturated heterocycles. The van der Waals surface area contributed by atoms with Crippen LogP contribution in [-0.2, 0) is 21.9 Å². The van der Waals surface area contributed by atoms with Crippen molar-refractivity contribution in [3.63, 3.8) is 0 Å². The van der Waals surface area contributed by atoms with Crippen molar-refractivity contribution in [2.75, 3.05) is 12.0 Å². The molecule has 0 saturated carbocycles. The van der Waals surface area contributed by atoms with E-state index in [2.05, 4.69) is 0 Å². The van der Waals surface area contributed by atoms with Crippen molar-refractivity contribution < 1.29 is 32.1 Å². The Hall–Kier alpha value is 0.299. The molecule has 0 fully saturated rings. The van der Waals surface area contributed by atoms with E-state index in [1.807, 2.05) is 6.26 Å². The van der Waals surface area contributed by atoms with Crippen molar-refractivity contribution in [1.82, 2.24) is 0 Å². The van der Waals surface area contributed by atoms with E-state index in [9.17, 15) is 4.79 Å². The van der Waals surface area contributed by atoms with Crippen LogP contribution < -0.4 is 0 Å². The number of thioether (sulfide) groups is 1. The molecule has 0 radical (unpaired) electrons. The maximum atomic E-state index is 9.95. The van der Waals surface area contributed by atoms with Gasteiger partial charge in [-0.3, -0.25) is 0 Å². The monoisotopic (exact) mass is 206 g/mol. The summed E-state index contributed by atoms with van der Waals surface area (Å²) in [5.41, 5.74) is 0. The number of carboxylic acids is 1. The first-order chi connectivity index (χ1) is 4.18. The van der Waals surface area contributed by atoms with Crippen LogP contribution in [0.1, 0.15) is 6.42 Å². The van der Waals surface area contributed by atoms with Crippen LogP contribution in [0.3, 0.4) is 0 Å². The summed E-state index contributed by atoms with van der Waals surface area (Å²) >= 11 is 1.52. The minimum Gasteiger partial charge on any atom is -0.479 e. The minimum absolute atomic E-state index is 0. The van der Waals surface area contributed by atoms with Gasteiger partial charge in [-0.25, -0.2) is 4.79 Å². The van der Waals surface area contributed by atoms with E-state index in [1.54, 1.807) is 0 Å². The predicted molar refractivity (Wildman–Crippen MR) is 36.6 cm³/mol. The number of carbonyl (C=O) groups is 1. The van der Waals surface area contributed by atoms with Crippen molar-refractivity contribution in [3.8, 4) is 0 Å². The molecule has 1 atom stereocenters. The molecule has 0 unspecified atom stereocenters. The van der Waals surface area contributed by atoms with Gasteiger partial charge in [-0.15, -0.1) is 0 Å². The zero-order chi connectivity index (χ0) is 7.28. The molecule has 0 heterocycles. The second-order valence-corrected chi connectivity index (χ2v) is 2.62. The van der Waals surface area contributed by atoms with E-state index in [1.165, 1.54) is 11.8 Å². The van der Waals surface area contributed by atoms with Gasteiger partial charge in [0.1, 0.15) is 0 Å². The first-order valence-corrected chi connectivity index (χ1v) is 3.97. The molecule has 10 heavy (non-hydrogen) atoms. The normalized spacial score (nSPS) is 11.8. The Morgan fingerprint density at radius 1 is 1.70 bits per heavy atom. The zero-order valence-corrected chi connectivity index (χ0v) is 7.48. The van der Waals surface area contributed by atoms with E-state index in [0.717, 1.165) is 0 Å². The molecule has 2 N–H and O–H groups in total. The van der Waals surface area contributed by atoms with Crippen molar-refractivity contribution in [2.24, 2.45) is 0 Å². The number of carboxylic acid groups (broad SMARTS) is 1. The smallest absolute Gasteiger partial charge is 0.332 e. The Balaban J connectivity index is 0. The second-order valence-electron chi connectivity index (χ2n) is 1.64. The Morgan fingerprint density at radius 3 is 2.50 bits per heavy atom. The topological polar surface area (TPSA) is 57.5 Å². The Morgan fingerprint density at radius 2 is 2.20 bits per heavy atom. The first-order valence-electron chi connectivity index (χ1n) is 2.58. The molecule has 0 aromatic heterocycles. The number of hydrogen-bond acceptors (Lipinski definition) is 3. The SMILES string of the molecule is CSCC[C@H](O)C(=O)O.[Fe]. The van der Waals surface area contributed by atoms with E-state index in [-0.39, 0.29) is 17.1 Å². The summed E-state index contributed by atoms with van der Waals surface area (Å²) in [6, 6.07) is 0. The van der Waals surface area contributed by atoms with Crippen molar-refractivity contribution in [2.45, 2.75) is 12.5 Å².